The van der Waals surface area contributed by atoms with Crippen molar-refractivity contribution in [2.24, 2.45) is 0 Å². The number of benzene rings is 2. The summed E-state index contributed by atoms with van der Waals surface area (Å²) in [4.78, 5) is 11.4. The van der Waals surface area contributed by atoms with Gasteiger partial charge in [0.1, 0.15) is 11.6 Å². The van der Waals surface area contributed by atoms with Crippen LogP contribution in [0.15, 0.2) is 36.4 Å². The maximum absolute atomic E-state index is 13.5. The molecule has 0 fully saturated rings. The number of hydrogen-bond donors (Lipinski definition) is 1. The van der Waals surface area contributed by atoms with Gasteiger partial charge in [-0.2, -0.15) is 0 Å². The first-order valence-electron chi connectivity index (χ1n) is 6.07. The van der Waals surface area contributed by atoms with Crippen molar-refractivity contribution in [3.63, 3.8) is 0 Å². The lowest BCUT2D eigenvalue weighted by molar-refractivity contribution is 0.0595. The van der Waals surface area contributed by atoms with Gasteiger partial charge in [0.05, 0.1) is 17.7 Å². The van der Waals surface area contributed by atoms with Gasteiger partial charge in [-0.3, -0.25) is 0 Å². The Morgan fingerprint density at radius 3 is 2.62 bits per heavy atom. The smallest absolute Gasteiger partial charge is 0.340 e. The van der Waals surface area contributed by atoms with Crippen molar-refractivity contribution in [3.05, 3.63) is 64.2 Å². The second-order valence-electron chi connectivity index (χ2n) is 4.29. The van der Waals surface area contributed by atoms with E-state index in [1.165, 1.54) is 31.4 Å². The number of ether oxygens (including phenoxy) is 1. The van der Waals surface area contributed by atoms with Crippen molar-refractivity contribution in [3.8, 4) is 0 Å². The number of esters is 1. The van der Waals surface area contributed by atoms with E-state index < -0.39 is 17.6 Å². The van der Waals surface area contributed by atoms with Crippen molar-refractivity contribution in [1.82, 2.24) is 0 Å². The molecule has 2 aromatic carbocycles. The highest BCUT2D eigenvalue weighted by molar-refractivity contribution is 6.30. The minimum Gasteiger partial charge on any atom is -0.465 e. The minimum absolute atomic E-state index is 0.0495. The number of hydrogen-bond acceptors (Lipinski definition) is 3. The SMILES string of the molecule is COC(=O)c1cc(NCc2ccc(Cl)c(F)c2)ccc1F. The fourth-order valence-corrected chi connectivity index (χ4v) is 1.87. The highest BCUT2D eigenvalue weighted by atomic mass is 35.5. The molecule has 0 amide bonds. The van der Waals surface area contributed by atoms with Crippen molar-refractivity contribution in [1.29, 1.82) is 0 Å². The van der Waals surface area contributed by atoms with Crippen molar-refractivity contribution >= 4 is 23.3 Å². The van der Waals surface area contributed by atoms with Crippen LogP contribution < -0.4 is 5.32 Å². The summed E-state index contributed by atoms with van der Waals surface area (Å²) in [6.07, 6.45) is 0. The third kappa shape index (κ3) is 3.70. The number of carbonyl (C=O) groups excluding carboxylic acids is 1. The van der Waals surface area contributed by atoms with E-state index in [1.54, 1.807) is 6.07 Å². The minimum atomic E-state index is -0.756. The summed E-state index contributed by atoms with van der Waals surface area (Å²) in [5, 5.41) is 3.02. The van der Waals surface area contributed by atoms with Gasteiger partial charge < -0.3 is 10.1 Å². The predicted molar refractivity (Wildman–Crippen MR) is 76.5 cm³/mol. The molecular formula is C15H12ClF2NO2. The molecule has 0 aromatic heterocycles. The number of carbonyl (C=O) groups is 1. The Balaban J connectivity index is 2.13. The second-order valence-corrected chi connectivity index (χ2v) is 4.70. The summed E-state index contributed by atoms with van der Waals surface area (Å²) in [7, 11) is 1.18. The number of anilines is 1. The lowest BCUT2D eigenvalue weighted by Crippen LogP contribution is -2.06. The lowest BCUT2D eigenvalue weighted by atomic mass is 10.1. The Morgan fingerprint density at radius 1 is 1.19 bits per heavy atom. The molecule has 0 saturated heterocycles. The maximum Gasteiger partial charge on any atom is 0.340 e. The molecular weight excluding hydrogens is 300 g/mol. The van der Waals surface area contributed by atoms with Crippen LogP contribution in [0.2, 0.25) is 5.02 Å². The zero-order valence-corrected chi connectivity index (χ0v) is 11.9. The molecule has 0 aliphatic rings. The van der Waals surface area contributed by atoms with E-state index in [-0.39, 0.29) is 10.6 Å². The van der Waals surface area contributed by atoms with Gasteiger partial charge in [0.2, 0.25) is 0 Å². The molecule has 3 nitrogen and oxygen atoms in total. The van der Waals surface area contributed by atoms with Crippen molar-refractivity contribution < 1.29 is 18.3 Å². The average molecular weight is 312 g/mol. The third-order valence-electron chi connectivity index (χ3n) is 2.85. The topological polar surface area (TPSA) is 38.3 Å². The van der Waals surface area contributed by atoms with Crippen molar-refractivity contribution in [2.75, 3.05) is 12.4 Å². The van der Waals surface area contributed by atoms with Crippen LogP contribution in [-0.2, 0) is 11.3 Å². The van der Waals surface area contributed by atoms with Gasteiger partial charge >= 0.3 is 5.97 Å². The number of nitrogens with one attached hydrogen (secondary N) is 1. The lowest BCUT2D eigenvalue weighted by Gasteiger charge is -2.09. The summed E-state index contributed by atoms with van der Waals surface area (Å²) < 4.78 is 31.3. The van der Waals surface area contributed by atoms with Gasteiger partial charge in [0, 0.05) is 12.2 Å². The molecule has 1 N–H and O–H groups in total. The molecule has 0 saturated carbocycles. The van der Waals surface area contributed by atoms with Crippen LogP contribution in [0, 0.1) is 11.6 Å². The van der Waals surface area contributed by atoms with Gasteiger partial charge in [-0.1, -0.05) is 17.7 Å². The van der Waals surface area contributed by atoms with Gasteiger partial charge in [-0.25, -0.2) is 13.6 Å². The second kappa shape index (κ2) is 6.54. The molecule has 0 radical (unpaired) electrons. The molecule has 0 spiro atoms. The van der Waals surface area contributed by atoms with Gasteiger partial charge in [0.25, 0.3) is 0 Å². The number of halogens is 3. The van der Waals surface area contributed by atoms with E-state index in [0.717, 1.165) is 6.07 Å². The molecule has 0 unspecified atom stereocenters. The molecule has 2 rings (SSSR count). The normalized spacial score (nSPS) is 10.3. The molecule has 21 heavy (non-hydrogen) atoms. The Morgan fingerprint density at radius 2 is 1.95 bits per heavy atom. The summed E-state index contributed by atoms with van der Waals surface area (Å²) in [5.74, 6) is -1.93. The van der Waals surface area contributed by atoms with E-state index in [1.807, 2.05) is 0 Å². The zero-order chi connectivity index (χ0) is 15.4. The van der Waals surface area contributed by atoms with Gasteiger partial charge in [0.15, 0.2) is 0 Å². The first kappa shape index (κ1) is 15.3. The molecule has 0 aliphatic carbocycles. The van der Waals surface area contributed by atoms with E-state index in [2.05, 4.69) is 10.1 Å². The van der Waals surface area contributed by atoms with Crippen LogP contribution >= 0.6 is 11.6 Å². The Kier molecular flexibility index (Phi) is 4.75. The number of rotatable bonds is 4. The summed E-state index contributed by atoms with van der Waals surface area (Å²) in [5.41, 5.74) is 1.03. The molecule has 110 valence electrons. The molecule has 0 aliphatic heterocycles. The Hall–Kier alpha value is -2.14. The van der Waals surface area contributed by atoms with Crippen molar-refractivity contribution in [2.45, 2.75) is 6.54 Å². The standard InChI is InChI=1S/C15H12ClF2NO2/c1-21-15(20)11-7-10(3-5-13(11)17)19-8-9-2-4-12(16)14(18)6-9/h2-7,19H,8H2,1H3. The van der Waals surface area contributed by atoms with Crippen LogP contribution in [0.1, 0.15) is 15.9 Å². The van der Waals surface area contributed by atoms with Crippen LogP contribution in [0.25, 0.3) is 0 Å². The summed E-state index contributed by atoms with van der Waals surface area (Å²) in [6, 6.07) is 8.42. The number of methoxy groups -OCH3 is 1. The molecule has 2 aromatic rings. The van der Waals surface area contributed by atoms with E-state index in [4.69, 9.17) is 11.6 Å². The maximum atomic E-state index is 13.5. The zero-order valence-electron chi connectivity index (χ0n) is 11.1. The fourth-order valence-electron chi connectivity index (χ4n) is 1.76. The van der Waals surface area contributed by atoms with E-state index in [9.17, 15) is 13.6 Å². The van der Waals surface area contributed by atoms with Gasteiger partial charge in [-0.05, 0) is 35.9 Å². The Labute approximate surface area is 125 Å². The first-order chi connectivity index (χ1) is 10.0. The summed E-state index contributed by atoms with van der Waals surface area (Å²) in [6.45, 7) is 0.306. The van der Waals surface area contributed by atoms with Crippen LogP contribution in [-0.4, -0.2) is 13.1 Å². The first-order valence-corrected chi connectivity index (χ1v) is 6.44. The van der Waals surface area contributed by atoms with E-state index in [0.29, 0.717) is 17.8 Å². The summed E-state index contributed by atoms with van der Waals surface area (Å²) >= 11 is 5.60. The largest absolute Gasteiger partial charge is 0.465 e. The fraction of sp³-hybridized carbons (Fsp3) is 0.133. The monoisotopic (exact) mass is 311 g/mol. The molecule has 0 atom stereocenters. The average Bonchev–Trinajstić information content (AvgIpc) is 2.49. The van der Waals surface area contributed by atoms with Crippen LogP contribution in [0.4, 0.5) is 14.5 Å². The third-order valence-corrected chi connectivity index (χ3v) is 3.16. The molecule has 0 bridgehead atoms. The Bertz CT molecular complexity index is 677. The molecule has 6 heteroatoms. The quantitative estimate of drug-likeness (QED) is 0.867. The van der Waals surface area contributed by atoms with Crippen LogP contribution in [0.3, 0.4) is 0 Å². The van der Waals surface area contributed by atoms with Crippen LogP contribution in [0.5, 0.6) is 0 Å². The highest BCUT2D eigenvalue weighted by Gasteiger charge is 2.12. The highest BCUT2D eigenvalue weighted by Crippen LogP contribution is 2.19. The van der Waals surface area contributed by atoms with E-state index >= 15 is 0 Å². The molecule has 0 heterocycles. The van der Waals surface area contributed by atoms with Gasteiger partial charge in [-0.15, -0.1) is 0 Å². The predicted octanol–water partition coefficient (Wildman–Crippen LogP) is 4.02.